The lowest BCUT2D eigenvalue weighted by Crippen LogP contribution is -1.90. The van der Waals surface area contributed by atoms with Crippen molar-refractivity contribution >= 4 is 0 Å². The van der Waals surface area contributed by atoms with Gasteiger partial charge in [-0.3, -0.25) is 0 Å². The van der Waals surface area contributed by atoms with Crippen LogP contribution in [0.5, 0.6) is 5.75 Å². The zero-order valence-electron chi connectivity index (χ0n) is 14.7. The van der Waals surface area contributed by atoms with Crippen LogP contribution < -0.4 is 0 Å². The molecule has 0 radical (unpaired) electrons. The first-order valence-electron chi connectivity index (χ1n) is 8.97. The van der Waals surface area contributed by atoms with Gasteiger partial charge in [-0.1, -0.05) is 50.5 Å². The Bertz CT molecular complexity index is 778. The fourth-order valence-corrected chi connectivity index (χ4v) is 2.86. The molecule has 0 saturated carbocycles. The van der Waals surface area contributed by atoms with E-state index in [-0.39, 0.29) is 5.75 Å². The summed E-state index contributed by atoms with van der Waals surface area (Å²) in [5.74, 6) is 0.909. The Morgan fingerprint density at radius 3 is 2.00 bits per heavy atom. The van der Waals surface area contributed by atoms with Gasteiger partial charge in [0, 0.05) is 23.5 Å². The largest absolute Gasteiger partial charge is 0.508 e. The molecule has 3 heteroatoms. The molecule has 2 aromatic carbocycles. The van der Waals surface area contributed by atoms with E-state index in [0.29, 0.717) is 5.82 Å². The van der Waals surface area contributed by atoms with Gasteiger partial charge in [-0.25, -0.2) is 9.97 Å². The Hall–Kier alpha value is -2.68. The molecule has 0 atom stereocenters. The topological polar surface area (TPSA) is 46.0 Å². The van der Waals surface area contributed by atoms with Crippen LogP contribution in [-0.4, -0.2) is 15.1 Å². The molecule has 0 spiro atoms. The molecule has 0 amide bonds. The number of hydrogen-bond acceptors (Lipinski definition) is 3. The minimum Gasteiger partial charge on any atom is -0.508 e. The maximum atomic E-state index is 9.36. The number of aryl methyl sites for hydroxylation is 1. The fourth-order valence-electron chi connectivity index (χ4n) is 2.86. The lowest BCUT2D eigenvalue weighted by atomic mass is 10.0. The third-order valence-corrected chi connectivity index (χ3v) is 4.38. The summed E-state index contributed by atoms with van der Waals surface area (Å²) < 4.78 is 0. The standard InChI is InChI=1S/C22H24N2O/c1-2-3-4-5-6-17-7-9-18(10-8-17)20-15-23-22(24-16-20)19-11-13-21(25)14-12-19/h7-16,25H,2-6H2,1H3. The maximum Gasteiger partial charge on any atom is 0.159 e. The smallest absolute Gasteiger partial charge is 0.159 e. The monoisotopic (exact) mass is 332 g/mol. The number of hydrogen-bond donors (Lipinski definition) is 1. The van der Waals surface area contributed by atoms with Crippen LogP contribution in [0.25, 0.3) is 22.5 Å². The molecule has 128 valence electrons. The Kier molecular flexibility index (Phi) is 5.78. The van der Waals surface area contributed by atoms with Crippen molar-refractivity contribution in [2.45, 2.75) is 39.0 Å². The molecule has 0 unspecified atom stereocenters. The first kappa shape index (κ1) is 17.2. The number of aromatic hydroxyl groups is 1. The molecule has 0 aliphatic rings. The van der Waals surface area contributed by atoms with Crippen molar-refractivity contribution in [3.8, 4) is 28.3 Å². The van der Waals surface area contributed by atoms with Crippen LogP contribution in [0.2, 0.25) is 0 Å². The highest BCUT2D eigenvalue weighted by Gasteiger charge is 2.04. The second kappa shape index (κ2) is 8.43. The van der Waals surface area contributed by atoms with Crippen LogP contribution in [0.4, 0.5) is 0 Å². The predicted molar refractivity (Wildman–Crippen MR) is 102 cm³/mol. The lowest BCUT2D eigenvalue weighted by molar-refractivity contribution is 0.475. The summed E-state index contributed by atoms with van der Waals surface area (Å²) in [4.78, 5) is 8.91. The van der Waals surface area contributed by atoms with Crippen molar-refractivity contribution < 1.29 is 5.11 Å². The normalized spacial score (nSPS) is 10.8. The molecule has 3 nitrogen and oxygen atoms in total. The quantitative estimate of drug-likeness (QED) is 0.570. The number of nitrogens with zero attached hydrogens (tertiary/aromatic N) is 2. The summed E-state index contributed by atoms with van der Waals surface area (Å²) in [5.41, 5.74) is 4.43. The molecule has 1 heterocycles. The fraction of sp³-hybridized carbons (Fsp3) is 0.273. The van der Waals surface area contributed by atoms with Gasteiger partial charge in [0.2, 0.25) is 0 Å². The van der Waals surface area contributed by atoms with Crippen molar-refractivity contribution in [3.05, 3.63) is 66.5 Å². The third-order valence-electron chi connectivity index (χ3n) is 4.38. The van der Waals surface area contributed by atoms with Gasteiger partial charge in [-0.05, 0) is 48.2 Å². The van der Waals surface area contributed by atoms with E-state index in [1.165, 1.54) is 31.2 Å². The van der Waals surface area contributed by atoms with Crippen LogP contribution in [0.15, 0.2) is 60.9 Å². The van der Waals surface area contributed by atoms with Gasteiger partial charge in [0.15, 0.2) is 5.82 Å². The van der Waals surface area contributed by atoms with E-state index < -0.39 is 0 Å². The van der Waals surface area contributed by atoms with E-state index in [4.69, 9.17) is 0 Å². The van der Waals surface area contributed by atoms with Crippen LogP contribution in [0.1, 0.15) is 38.2 Å². The van der Waals surface area contributed by atoms with E-state index in [9.17, 15) is 5.11 Å². The SMILES string of the molecule is CCCCCCc1ccc(-c2cnc(-c3ccc(O)cc3)nc2)cc1. The number of phenolic OH excluding ortho intramolecular Hbond substituents is 1. The molecule has 1 aromatic heterocycles. The number of rotatable bonds is 7. The molecule has 0 aliphatic heterocycles. The molecule has 3 aromatic rings. The van der Waals surface area contributed by atoms with Crippen LogP contribution in [-0.2, 0) is 6.42 Å². The van der Waals surface area contributed by atoms with Crippen LogP contribution >= 0.6 is 0 Å². The number of aromatic nitrogens is 2. The summed E-state index contributed by atoms with van der Waals surface area (Å²) in [6.07, 6.45) is 10.0. The van der Waals surface area contributed by atoms with Crippen LogP contribution in [0.3, 0.4) is 0 Å². The Labute approximate surface area is 149 Å². The van der Waals surface area contributed by atoms with Gasteiger partial charge >= 0.3 is 0 Å². The Morgan fingerprint density at radius 2 is 1.36 bits per heavy atom. The van der Waals surface area contributed by atoms with Crippen molar-refractivity contribution in [1.29, 1.82) is 0 Å². The van der Waals surface area contributed by atoms with E-state index >= 15 is 0 Å². The summed E-state index contributed by atoms with van der Waals surface area (Å²) >= 11 is 0. The Balaban J connectivity index is 1.66. The minimum atomic E-state index is 0.246. The maximum absolute atomic E-state index is 9.36. The molecule has 0 bridgehead atoms. The zero-order chi connectivity index (χ0) is 17.5. The molecule has 25 heavy (non-hydrogen) atoms. The number of unbranched alkanes of at least 4 members (excludes halogenated alkanes) is 3. The highest BCUT2D eigenvalue weighted by atomic mass is 16.3. The highest BCUT2D eigenvalue weighted by molar-refractivity contribution is 5.64. The molecular formula is C22H24N2O. The van der Waals surface area contributed by atoms with Gasteiger partial charge in [0.1, 0.15) is 5.75 Å². The summed E-state index contributed by atoms with van der Waals surface area (Å²) in [6, 6.07) is 15.6. The molecule has 1 N–H and O–H groups in total. The first-order chi connectivity index (χ1) is 12.3. The van der Waals surface area contributed by atoms with Crippen molar-refractivity contribution in [3.63, 3.8) is 0 Å². The number of benzene rings is 2. The van der Waals surface area contributed by atoms with E-state index in [1.807, 2.05) is 24.5 Å². The Morgan fingerprint density at radius 1 is 0.720 bits per heavy atom. The molecule has 0 aliphatic carbocycles. The highest BCUT2D eigenvalue weighted by Crippen LogP contribution is 2.22. The molecule has 0 saturated heterocycles. The van der Waals surface area contributed by atoms with Crippen LogP contribution in [0, 0.1) is 0 Å². The first-order valence-corrected chi connectivity index (χ1v) is 8.97. The van der Waals surface area contributed by atoms with Gasteiger partial charge in [0.05, 0.1) is 0 Å². The lowest BCUT2D eigenvalue weighted by Gasteiger charge is -2.06. The second-order valence-electron chi connectivity index (χ2n) is 6.35. The predicted octanol–water partition coefficient (Wildman–Crippen LogP) is 5.64. The van der Waals surface area contributed by atoms with Gasteiger partial charge in [0.25, 0.3) is 0 Å². The van der Waals surface area contributed by atoms with E-state index in [0.717, 1.165) is 23.1 Å². The summed E-state index contributed by atoms with van der Waals surface area (Å²) in [7, 11) is 0. The van der Waals surface area contributed by atoms with E-state index in [2.05, 4.69) is 41.2 Å². The van der Waals surface area contributed by atoms with Crippen molar-refractivity contribution in [2.24, 2.45) is 0 Å². The van der Waals surface area contributed by atoms with Gasteiger partial charge < -0.3 is 5.11 Å². The average molecular weight is 332 g/mol. The second-order valence-corrected chi connectivity index (χ2v) is 6.35. The molecule has 0 fully saturated rings. The van der Waals surface area contributed by atoms with E-state index in [1.54, 1.807) is 12.1 Å². The summed E-state index contributed by atoms with van der Waals surface area (Å²) in [5, 5.41) is 9.36. The third kappa shape index (κ3) is 4.66. The van der Waals surface area contributed by atoms with Crippen molar-refractivity contribution in [2.75, 3.05) is 0 Å². The summed E-state index contributed by atoms with van der Waals surface area (Å²) in [6.45, 7) is 2.24. The van der Waals surface area contributed by atoms with Gasteiger partial charge in [-0.15, -0.1) is 0 Å². The zero-order valence-corrected chi connectivity index (χ0v) is 14.7. The molecular weight excluding hydrogens is 308 g/mol. The molecule has 3 rings (SSSR count). The minimum absolute atomic E-state index is 0.246. The van der Waals surface area contributed by atoms with Gasteiger partial charge in [-0.2, -0.15) is 0 Å². The van der Waals surface area contributed by atoms with Crippen molar-refractivity contribution in [1.82, 2.24) is 9.97 Å². The average Bonchev–Trinajstić information content (AvgIpc) is 2.67. The number of phenols is 1.